The van der Waals surface area contributed by atoms with Gasteiger partial charge in [0.1, 0.15) is 69.2 Å². The fraction of sp³-hybridized carbons (Fsp3) is 0.432. The summed E-state index contributed by atoms with van der Waals surface area (Å²) < 4.78 is 88.5. The average molecular weight is 1770 g/mol. The molecule has 7 aromatic carbocycles. The van der Waals surface area contributed by atoms with Gasteiger partial charge in [-0.2, -0.15) is 0 Å². The van der Waals surface area contributed by atoms with E-state index in [1.54, 1.807) is 26.4 Å². The van der Waals surface area contributed by atoms with Crippen molar-refractivity contribution in [1.82, 2.24) is 0 Å². The Balaban J connectivity index is 0.000000116. The number of hydrogen-bond acceptors (Lipinski definition) is 16. The van der Waals surface area contributed by atoms with E-state index in [0.717, 1.165) is 95.9 Å². The van der Waals surface area contributed by atoms with Crippen molar-refractivity contribution in [2.24, 2.45) is 82.9 Å². The largest absolute Gasteiger partial charge is 0.496 e. The third-order valence-electron chi connectivity index (χ3n) is 29.0. The van der Waals surface area contributed by atoms with E-state index >= 15 is 0 Å². The molecule has 682 valence electrons. The molecule has 0 heterocycles. The Bertz CT molecular complexity index is 5410. The van der Waals surface area contributed by atoms with Crippen LogP contribution in [-0.4, -0.2) is 56.0 Å². The molecule has 0 spiro atoms. The van der Waals surface area contributed by atoms with Crippen molar-refractivity contribution in [2.75, 3.05) is 14.2 Å². The van der Waals surface area contributed by atoms with Gasteiger partial charge in [-0.1, -0.05) is 115 Å². The van der Waals surface area contributed by atoms with Crippen LogP contribution in [0, 0.1) is 128 Å². The molecule has 21 atom stereocenters. The number of carbonyl (C=O) groups is 7. The van der Waals surface area contributed by atoms with E-state index in [0.29, 0.717) is 99.8 Å². The summed E-state index contributed by atoms with van der Waals surface area (Å²) in [4.78, 5) is 76.5. The normalized spacial score (nSPS) is 28.1. The van der Waals surface area contributed by atoms with E-state index in [9.17, 15) is 46.7 Å². The number of aryl methyl sites for hydroxylation is 4. The van der Waals surface area contributed by atoms with E-state index in [2.05, 4.69) is 131 Å². The number of halogens is 3. The van der Waals surface area contributed by atoms with Crippen LogP contribution in [0.2, 0.25) is 0 Å². The Labute approximate surface area is 762 Å². The van der Waals surface area contributed by atoms with Gasteiger partial charge in [-0.3, -0.25) is 33.6 Å². The maximum absolute atomic E-state index is 14.1. The molecule has 14 aliphatic carbocycles. The van der Waals surface area contributed by atoms with Gasteiger partial charge < -0.3 is 42.6 Å². The number of hydrogen-bond donors (Lipinski definition) is 0. The van der Waals surface area contributed by atoms with Crippen LogP contribution in [-0.2, 0) is 33.6 Å². The maximum atomic E-state index is 14.1. The molecule has 0 N–H and O–H groups in total. The molecule has 0 amide bonds. The number of rotatable bonds is 16. The first-order valence-corrected chi connectivity index (χ1v) is 46.4. The van der Waals surface area contributed by atoms with Crippen LogP contribution in [0.25, 0.3) is 0 Å². The molecule has 21 unspecified atom stereocenters. The number of esters is 7. The van der Waals surface area contributed by atoms with Crippen molar-refractivity contribution in [1.29, 1.82) is 0 Å². The SMILES string of the molecule is CC(=O)Oc1cc(C)c(C2CC3C=CC2C3)c(C)c1.CC(=O)Oc1cc(F)c(C2CC3C=CC2C3)c(F)c1.CC(=O)Oc1ccc(C2CC3C=CC2C3)c(C)c1.CC(=O)Oc1ccc(C2CC3C=CC2C3)c(F)c1.CC(=O)Oc1ccc(C2CC3C=CC2C3)cc1.COc1cc(OC(C)=O)cc(C)c1C1CC2C=CC1C2.COc1cc(OC(C)=O)ccc1C1CC2C=CC1C2. The first kappa shape index (κ1) is 93.1. The molecule has 21 rings (SSSR count). The number of fused-ring (bicyclic) bond motifs is 14. The zero-order chi connectivity index (χ0) is 92.0. The summed E-state index contributed by atoms with van der Waals surface area (Å²) in [6.07, 6.45) is 48.8. The molecule has 7 aromatic rings. The minimum atomic E-state index is -0.623. The minimum Gasteiger partial charge on any atom is -0.496 e. The first-order chi connectivity index (χ1) is 62.3. The van der Waals surface area contributed by atoms with E-state index in [1.165, 1.54) is 163 Å². The highest BCUT2D eigenvalue weighted by atomic mass is 19.1. The molecule has 7 saturated carbocycles. The van der Waals surface area contributed by atoms with Gasteiger partial charge in [0.15, 0.2) is 0 Å². The van der Waals surface area contributed by atoms with Crippen LogP contribution in [0.3, 0.4) is 0 Å². The second-order valence-corrected chi connectivity index (χ2v) is 38.2. The van der Waals surface area contributed by atoms with Gasteiger partial charge in [0.2, 0.25) is 0 Å². The number of methoxy groups -OCH3 is 2. The van der Waals surface area contributed by atoms with Crippen LogP contribution in [0.15, 0.2) is 200 Å². The van der Waals surface area contributed by atoms with Crippen molar-refractivity contribution in [3.05, 3.63) is 279 Å². The third-order valence-corrected chi connectivity index (χ3v) is 29.0. The zero-order valence-corrected chi connectivity index (χ0v) is 76.7. The number of carbonyl (C=O) groups excluding carboxylic acids is 7. The summed E-state index contributed by atoms with van der Waals surface area (Å²) in [7, 11) is 3.35. The molecular weight excluding hydrogens is 1650 g/mol. The lowest BCUT2D eigenvalue weighted by Crippen LogP contribution is -2.11. The highest BCUT2D eigenvalue weighted by molar-refractivity contribution is 5.73. The topological polar surface area (TPSA) is 203 Å². The Morgan fingerprint density at radius 1 is 0.238 bits per heavy atom. The van der Waals surface area contributed by atoms with Crippen molar-refractivity contribution in [3.8, 4) is 51.7 Å². The van der Waals surface area contributed by atoms with Crippen LogP contribution in [0.1, 0.15) is 241 Å². The summed E-state index contributed by atoms with van der Waals surface area (Å²) in [6.45, 7) is 18.1. The van der Waals surface area contributed by atoms with Crippen LogP contribution in [0.4, 0.5) is 13.2 Å². The van der Waals surface area contributed by atoms with Crippen molar-refractivity contribution < 1.29 is 89.4 Å². The average Bonchev–Trinajstić information content (AvgIpc) is 1.64. The molecule has 7 fully saturated rings. The minimum absolute atomic E-state index is 0.0788. The molecule has 0 aliphatic heterocycles. The molecule has 0 aromatic heterocycles. The van der Waals surface area contributed by atoms with Gasteiger partial charge in [-0.15, -0.1) is 0 Å². The van der Waals surface area contributed by atoms with Gasteiger partial charge in [-0.05, 0) is 347 Å². The maximum Gasteiger partial charge on any atom is 0.308 e. The van der Waals surface area contributed by atoms with E-state index in [-0.39, 0.29) is 70.5 Å². The second-order valence-electron chi connectivity index (χ2n) is 38.2. The summed E-state index contributed by atoms with van der Waals surface area (Å²) >= 11 is 0. The van der Waals surface area contributed by atoms with Crippen LogP contribution < -0.4 is 42.6 Å². The summed E-state index contributed by atoms with van der Waals surface area (Å²) in [5.41, 5.74) is 12.5. The molecule has 14 aliphatic rings. The van der Waals surface area contributed by atoms with Crippen molar-refractivity contribution in [2.45, 2.75) is 207 Å². The standard InChI is InChI=1S/C17H20O3.C17H20O2.C16H18O3.C16H18O2.C15H14F2O2.C15H15FO2.C15H16O2/c1-10-6-14(20-11(2)18)9-16(19-3)17(10)15-8-12-4-5-13(15)7-12;1-10-6-15(19-12(3)18)7-11(2)17(10)16-9-13-4-5-14(16)8-13;1-10(17)19-13-5-6-14(16(9-13)18-2)15-8-11-3-4-12(15)7-11;1-10-7-14(18-11(2)17)5-6-15(10)16-9-12-3-4-13(16)8-12;1-8(18)19-11-6-13(16)15(14(17)7-11)12-5-9-2-3-10(12)4-9;1-9(17)18-12-4-5-13(15(16)8-12)14-7-10-2-3-11(14)6-10;1-10(16)17-14-6-4-12(5-7-14)15-9-11-2-3-13(15)8-11/h4-6,9,12-13,15H,7-8H2,1-3H3;4-7,13-14,16H,8-9H2,1-3H3;3-6,9,11-12,15H,7-8H2,1-2H3;3-7,12-13,16H,8-9H2,1-2H3;2-3,6-7,9-10,12H,4-5H2,1H3;2-5,8,10-11,14H,6-7H2,1H3;2-7,11,13,15H,8-9H2,1H3. The monoisotopic (exact) mass is 1770 g/mol. The highest BCUT2D eigenvalue weighted by Gasteiger charge is 2.45. The van der Waals surface area contributed by atoms with Crippen LogP contribution in [0.5, 0.6) is 51.7 Å². The quantitative estimate of drug-likeness (QED) is 0.0501. The summed E-state index contributed by atoms with van der Waals surface area (Å²) in [5, 5.41) is 0. The predicted octanol–water partition coefficient (Wildman–Crippen LogP) is 24.7. The molecule has 14 bridgehead atoms. The second kappa shape index (κ2) is 40.8. The first-order valence-electron chi connectivity index (χ1n) is 46.4. The van der Waals surface area contributed by atoms with Crippen molar-refractivity contribution in [3.63, 3.8) is 0 Å². The summed E-state index contributed by atoms with van der Waals surface area (Å²) in [5.74, 6) is 13.3. The van der Waals surface area contributed by atoms with Gasteiger partial charge >= 0.3 is 41.8 Å². The third kappa shape index (κ3) is 22.2. The Kier molecular flexibility index (Phi) is 29.2. The number of ether oxygens (including phenoxy) is 9. The van der Waals surface area contributed by atoms with Crippen molar-refractivity contribution >= 4 is 41.8 Å². The highest BCUT2D eigenvalue weighted by Crippen LogP contribution is 2.57. The Morgan fingerprint density at radius 2 is 0.500 bits per heavy atom. The molecule has 0 radical (unpaired) electrons. The molecule has 0 saturated heterocycles. The van der Waals surface area contributed by atoms with Gasteiger partial charge in [0.05, 0.1) is 14.2 Å². The lowest BCUT2D eigenvalue weighted by Gasteiger charge is -2.23. The fourth-order valence-corrected chi connectivity index (χ4v) is 23.9. The van der Waals surface area contributed by atoms with E-state index in [1.807, 2.05) is 66.7 Å². The zero-order valence-electron chi connectivity index (χ0n) is 76.7. The van der Waals surface area contributed by atoms with Gasteiger partial charge in [-0.25, -0.2) is 13.2 Å². The van der Waals surface area contributed by atoms with E-state index < -0.39 is 23.6 Å². The molecular formula is C111H121F3O16. The number of allylic oxidation sites excluding steroid dienone is 14. The summed E-state index contributed by atoms with van der Waals surface area (Å²) in [6, 6.07) is 34.4. The van der Waals surface area contributed by atoms with Gasteiger partial charge in [0.25, 0.3) is 0 Å². The Hall–Kier alpha value is -11.6. The molecule has 16 nitrogen and oxygen atoms in total. The van der Waals surface area contributed by atoms with Crippen LogP contribution >= 0.6 is 0 Å². The molecule has 130 heavy (non-hydrogen) atoms. The predicted molar refractivity (Wildman–Crippen MR) is 493 cm³/mol. The van der Waals surface area contributed by atoms with E-state index in [4.69, 9.17) is 42.6 Å². The fourth-order valence-electron chi connectivity index (χ4n) is 23.9. The smallest absolute Gasteiger partial charge is 0.308 e. The Morgan fingerprint density at radius 3 is 0.854 bits per heavy atom. The number of benzene rings is 7. The lowest BCUT2D eigenvalue weighted by molar-refractivity contribution is -0.132. The lowest BCUT2D eigenvalue weighted by atomic mass is 9.82. The molecule has 19 heteroatoms. The van der Waals surface area contributed by atoms with Gasteiger partial charge in [0, 0.05) is 89.9 Å².